The van der Waals surface area contributed by atoms with Crippen molar-refractivity contribution in [2.75, 3.05) is 31.1 Å². The van der Waals surface area contributed by atoms with Crippen LogP contribution < -0.4 is 10.2 Å². The van der Waals surface area contributed by atoms with E-state index >= 15 is 0 Å². The van der Waals surface area contributed by atoms with Crippen LogP contribution in [0.25, 0.3) is 0 Å². The first-order chi connectivity index (χ1) is 11.0. The summed E-state index contributed by atoms with van der Waals surface area (Å²) < 4.78 is 1.80. The minimum atomic E-state index is -0.409. The normalized spacial score (nSPS) is 28.7. The number of carbonyl (C=O) groups is 1. The Hall–Kier alpha value is -1.76. The van der Waals surface area contributed by atoms with E-state index in [1.807, 2.05) is 26.4 Å². The van der Waals surface area contributed by atoms with E-state index in [1.165, 1.54) is 0 Å². The highest BCUT2D eigenvalue weighted by Crippen LogP contribution is 2.20. The lowest BCUT2D eigenvalue weighted by atomic mass is 9.96. The molecular weight excluding hydrogens is 294 g/mol. The highest BCUT2D eigenvalue weighted by molar-refractivity contribution is 5.74. The number of amides is 2. The van der Waals surface area contributed by atoms with Crippen molar-refractivity contribution in [3.63, 3.8) is 0 Å². The first-order valence-electron chi connectivity index (χ1n) is 8.50. The van der Waals surface area contributed by atoms with Crippen molar-refractivity contribution in [1.29, 1.82) is 0 Å². The number of piperidine rings is 2. The average Bonchev–Trinajstić information content (AvgIpc) is 2.97. The van der Waals surface area contributed by atoms with Crippen LogP contribution in [0, 0.1) is 5.92 Å². The summed E-state index contributed by atoms with van der Waals surface area (Å²) in [5, 5.41) is 17.3. The van der Waals surface area contributed by atoms with Gasteiger partial charge in [-0.2, -0.15) is 5.10 Å². The van der Waals surface area contributed by atoms with Crippen molar-refractivity contribution in [3.05, 3.63) is 12.4 Å². The fourth-order valence-corrected chi connectivity index (χ4v) is 3.40. The number of aliphatic hydroxyl groups excluding tert-OH is 1. The fourth-order valence-electron chi connectivity index (χ4n) is 3.40. The van der Waals surface area contributed by atoms with Crippen molar-refractivity contribution in [3.8, 4) is 0 Å². The highest BCUT2D eigenvalue weighted by atomic mass is 16.3. The van der Waals surface area contributed by atoms with Crippen molar-refractivity contribution in [1.82, 2.24) is 20.0 Å². The van der Waals surface area contributed by atoms with Crippen molar-refractivity contribution in [2.24, 2.45) is 13.0 Å². The van der Waals surface area contributed by atoms with Gasteiger partial charge < -0.3 is 20.2 Å². The Balaban J connectivity index is 1.54. The molecule has 128 valence electrons. The number of nitrogens with zero attached hydrogens (tertiary/aromatic N) is 4. The maximum Gasteiger partial charge on any atom is 0.317 e. The predicted octanol–water partition coefficient (Wildman–Crippen LogP) is 0.801. The molecule has 2 amide bonds. The first-order valence-corrected chi connectivity index (χ1v) is 8.50. The smallest absolute Gasteiger partial charge is 0.317 e. The molecule has 2 aliphatic rings. The molecule has 2 saturated heterocycles. The lowest BCUT2D eigenvalue weighted by Gasteiger charge is -2.37. The van der Waals surface area contributed by atoms with E-state index in [0.29, 0.717) is 6.54 Å². The van der Waals surface area contributed by atoms with Crippen LogP contribution in [0.2, 0.25) is 0 Å². The fraction of sp³-hybridized carbons (Fsp3) is 0.750. The third kappa shape index (κ3) is 3.77. The van der Waals surface area contributed by atoms with E-state index in [0.717, 1.165) is 44.6 Å². The Morgan fingerprint density at radius 2 is 2.17 bits per heavy atom. The van der Waals surface area contributed by atoms with Gasteiger partial charge in [0.25, 0.3) is 0 Å². The molecule has 0 bridgehead atoms. The molecule has 2 aliphatic heterocycles. The number of hydrogen-bond donors (Lipinski definition) is 2. The molecule has 1 aromatic heterocycles. The van der Waals surface area contributed by atoms with Crippen LogP contribution in [-0.4, -0.2) is 64.1 Å². The number of carbonyl (C=O) groups excluding carboxylic acids is 1. The standard InChI is InChI=1S/C16H27N5O2/c1-12-5-7-21(11-15(12)22)16(23)18-13-4-3-6-20(9-13)14-8-17-19(2)10-14/h8,10,12-13,15,22H,3-7,9,11H2,1-2H3,(H,18,23). The maximum atomic E-state index is 12.4. The molecule has 0 spiro atoms. The van der Waals surface area contributed by atoms with E-state index < -0.39 is 6.10 Å². The van der Waals surface area contributed by atoms with E-state index in [-0.39, 0.29) is 18.0 Å². The van der Waals surface area contributed by atoms with Crippen LogP contribution in [0.4, 0.5) is 10.5 Å². The molecule has 7 nitrogen and oxygen atoms in total. The van der Waals surface area contributed by atoms with Crippen LogP contribution in [-0.2, 0) is 7.05 Å². The van der Waals surface area contributed by atoms with E-state index in [4.69, 9.17) is 0 Å². The molecule has 7 heteroatoms. The quantitative estimate of drug-likeness (QED) is 0.845. The van der Waals surface area contributed by atoms with Gasteiger partial charge in [-0.1, -0.05) is 6.92 Å². The van der Waals surface area contributed by atoms with Gasteiger partial charge in [0.1, 0.15) is 0 Å². The van der Waals surface area contributed by atoms with Gasteiger partial charge in [0.2, 0.25) is 0 Å². The number of hydrogen-bond acceptors (Lipinski definition) is 4. The highest BCUT2D eigenvalue weighted by Gasteiger charge is 2.29. The molecule has 3 heterocycles. The van der Waals surface area contributed by atoms with Gasteiger partial charge in [0.15, 0.2) is 0 Å². The molecule has 2 fully saturated rings. The largest absolute Gasteiger partial charge is 0.391 e. The van der Waals surface area contributed by atoms with Crippen molar-refractivity contribution in [2.45, 2.75) is 38.3 Å². The molecule has 0 aromatic carbocycles. The number of likely N-dealkylation sites (tertiary alicyclic amines) is 1. The Kier molecular flexibility index (Phi) is 4.75. The van der Waals surface area contributed by atoms with Gasteiger partial charge >= 0.3 is 6.03 Å². The number of β-amino-alcohol motifs (C(OH)–C–C–N with tert-alkyl or cyclic N) is 1. The third-order valence-corrected chi connectivity index (χ3v) is 5.01. The number of aromatic nitrogens is 2. The van der Waals surface area contributed by atoms with Gasteiger partial charge in [-0.15, -0.1) is 0 Å². The minimum absolute atomic E-state index is 0.0472. The summed E-state index contributed by atoms with van der Waals surface area (Å²) in [7, 11) is 1.91. The number of anilines is 1. The molecule has 1 aromatic rings. The number of aliphatic hydroxyl groups is 1. The van der Waals surface area contributed by atoms with E-state index in [2.05, 4.69) is 15.3 Å². The molecule has 3 unspecified atom stereocenters. The summed E-state index contributed by atoms with van der Waals surface area (Å²) in [5.41, 5.74) is 1.11. The third-order valence-electron chi connectivity index (χ3n) is 5.01. The van der Waals surface area contributed by atoms with Crippen LogP contribution in [0.1, 0.15) is 26.2 Å². The van der Waals surface area contributed by atoms with E-state index in [1.54, 1.807) is 9.58 Å². The molecule has 0 saturated carbocycles. The predicted molar refractivity (Wildman–Crippen MR) is 88.3 cm³/mol. The number of rotatable bonds is 2. The lowest BCUT2D eigenvalue weighted by Crippen LogP contribution is -2.55. The van der Waals surface area contributed by atoms with Gasteiger partial charge in [-0.3, -0.25) is 4.68 Å². The van der Waals surface area contributed by atoms with Crippen molar-refractivity contribution < 1.29 is 9.90 Å². The SMILES string of the molecule is CC1CCN(C(=O)NC2CCCN(c3cnn(C)c3)C2)CC1O. The van der Waals surface area contributed by atoms with Crippen LogP contribution in [0.15, 0.2) is 12.4 Å². The van der Waals surface area contributed by atoms with Crippen LogP contribution >= 0.6 is 0 Å². The second kappa shape index (κ2) is 6.78. The first kappa shape index (κ1) is 16.1. The molecule has 3 rings (SSSR count). The zero-order chi connectivity index (χ0) is 16.4. The van der Waals surface area contributed by atoms with Gasteiger partial charge in [-0.05, 0) is 25.2 Å². The van der Waals surface area contributed by atoms with Crippen LogP contribution in [0.5, 0.6) is 0 Å². The molecule has 2 N–H and O–H groups in total. The average molecular weight is 321 g/mol. The van der Waals surface area contributed by atoms with Crippen LogP contribution in [0.3, 0.4) is 0 Å². The summed E-state index contributed by atoms with van der Waals surface area (Å²) in [6.45, 7) is 5.00. The number of nitrogens with one attached hydrogen (secondary N) is 1. The number of aryl methyl sites for hydroxylation is 1. The van der Waals surface area contributed by atoms with E-state index in [9.17, 15) is 9.90 Å². The van der Waals surface area contributed by atoms with Gasteiger partial charge in [-0.25, -0.2) is 4.79 Å². The summed E-state index contributed by atoms with van der Waals surface area (Å²) in [6.07, 6.45) is 6.38. The van der Waals surface area contributed by atoms with Crippen molar-refractivity contribution >= 4 is 11.7 Å². The Morgan fingerprint density at radius 1 is 1.35 bits per heavy atom. The zero-order valence-corrected chi connectivity index (χ0v) is 14.0. The maximum absolute atomic E-state index is 12.4. The summed E-state index contributed by atoms with van der Waals surface area (Å²) in [5.74, 6) is 0.273. The second-order valence-corrected chi connectivity index (χ2v) is 6.89. The minimum Gasteiger partial charge on any atom is -0.391 e. The molecule has 0 radical (unpaired) electrons. The summed E-state index contributed by atoms with van der Waals surface area (Å²) in [4.78, 5) is 16.5. The Morgan fingerprint density at radius 3 is 2.87 bits per heavy atom. The Bertz CT molecular complexity index is 546. The molecule has 23 heavy (non-hydrogen) atoms. The topological polar surface area (TPSA) is 73.6 Å². The van der Waals surface area contributed by atoms with Gasteiger partial charge in [0, 0.05) is 45.5 Å². The molecular formula is C16H27N5O2. The lowest BCUT2D eigenvalue weighted by molar-refractivity contribution is 0.0429. The zero-order valence-electron chi connectivity index (χ0n) is 14.0. The summed E-state index contributed by atoms with van der Waals surface area (Å²) >= 11 is 0. The molecule has 3 atom stereocenters. The Labute approximate surface area is 137 Å². The summed E-state index contributed by atoms with van der Waals surface area (Å²) in [6, 6.07) is 0.0990. The van der Waals surface area contributed by atoms with Gasteiger partial charge in [0.05, 0.1) is 18.0 Å². The molecule has 0 aliphatic carbocycles. The second-order valence-electron chi connectivity index (χ2n) is 6.89. The number of urea groups is 1. The monoisotopic (exact) mass is 321 g/mol.